The summed E-state index contributed by atoms with van der Waals surface area (Å²) in [5.74, 6) is -0.689. The maximum absolute atomic E-state index is 13.4. The van der Waals surface area contributed by atoms with Crippen molar-refractivity contribution < 1.29 is 13.6 Å². The molecule has 0 saturated carbocycles. The second-order valence-corrected chi connectivity index (χ2v) is 7.88. The number of piperidine rings is 1. The van der Waals surface area contributed by atoms with Crippen LogP contribution in [0.15, 0.2) is 53.6 Å². The molecule has 0 bridgehead atoms. The Balaban J connectivity index is 1.60. The summed E-state index contributed by atoms with van der Waals surface area (Å²) in [4.78, 5) is 15.4. The Morgan fingerprint density at radius 3 is 2.34 bits per heavy atom. The third-order valence-electron chi connectivity index (χ3n) is 5.88. The molecule has 2 aliphatic heterocycles. The fourth-order valence-electron chi connectivity index (χ4n) is 4.14. The van der Waals surface area contributed by atoms with E-state index in [0.29, 0.717) is 19.0 Å². The van der Waals surface area contributed by atoms with E-state index in [2.05, 4.69) is 16.9 Å². The van der Waals surface area contributed by atoms with Crippen molar-refractivity contribution in [3.63, 3.8) is 0 Å². The van der Waals surface area contributed by atoms with Crippen molar-refractivity contribution in [3.05, 3.63) is 71.3 Å². The normalized spacial score (nSPS) is 22.6. The predicted molar refractivity (Wildman–Crippen MR) is 108 cm³/mol. The van der Waals surface area contributed by atoms with Crippen molar-refractivity contribution in [2.75, 3.05) is 13.1 Å². The first-order chi connectivity index (χ1) is 14.0. The van der Waals surface area contributed by atoms with Crippen LogP contribution in [-0.2, 0) is 4.79 Å². The summed E-state index contributed by atoms with van der Waals surface area (Å²) < 4.78 is 26.7. The van der Waals surface area contributed by atoms with E-state index in [-0.39, 0.29) is 23.6 Å². The maximum Gasteiger partial charge on any atom is 0.257 e. The monoisotopic (exact) mass is 397 g/mol. The molecule has 2 aromatic rings. The van der Waals surface area contributed by atoms with Crippen molar-refractivity contribution in [1.82, 2.24) is 9.91 Å². The van der Waals surface area contributed by atoms with Gasteiger partial charge < -0.3 is 0 Å². The lowest BCUT2D eigenvalue weighted by Crippen LogP contribution is -2.44. The minimum atomic E-state index is -0.313. The topological polar surface area (TPSA) is 35.9 Å². The second-order valence-electron chi connectivity index (χ2n) is 7.88. The van der Waals surface area contributed by atoms with Gasteiger partial charge in [0.15, 0.2) is 0 Å². The van der Waals surface area contributed by atoms with Crippen LogP contribution in [0.2, 0.25) is 0 Å². The number of carbonyl (C=O) groups is 1. The van der Waals surface area contributed by atoms with E-state index in [4.69, 9.17) is 0 Å². The van der Waals surface area contributed by atoms with Gasteiger partial charge in [0.25, 0.3) is 5.91 Å². The second kappa shape index (κ2) is 8.41. The Kier molecular flexibility index (Phi) is 5.72. The summed E-state index contributed by atoms with van der Waals surface area (Å²) in [5.41, 5.74) is 2.37. The minimum absolute atomic E-state index is 0.0646. The number of hydrogen-bond donors (Lipinski definition) is 0. The van der Waals surface area contributed by atoms with E-state index in [9.17, 15) is 13.6 Å². The molecule has 2 heterocycles. The van der Waals surface area contributed by atoms with E-state index >= 15 is 0 Å². The Bertz CT molecular complexity index is 895. The van der Waals surface area contributed by atoms with Crippen molar-refractivity contribution in [1.29, 1.82) is 0 Å². The summed E-state index contributed by atoms with van der Waals surface area (Å²) in [7, 11) is 0. The highest BCUT2D eigenvalue weighted by molar-refractivity contribution is 6.03. The van der Waals surface area contributed by atoms with Gasteiger partial charge in [-0.15, -0.1) is 0 Å². The van der Waals surface area contributed by atoms with Crippen LogP contribution in [0.1, 0.15) is 49.8 Å². The summed E-state index contributed by atoms with van der Waals surface area (Å²) in [6.07, 6.45) is 3.90. The number of hydrogen-bond acceptors (Lipinski definition) is 3. The van der Waals surface area contributed by atoms with Gasteiger partial charge in [0.2, 0.25) is 0 Å². The van der Waals surface area contributed by atoms with E-state index in [0.717, 1.165) is 36.2 Å². The van der Waals surface area contributed by atoms with Gasteiger partial charge in [0.1, 0.15) is 11.6 Å². The molecule has 1 amide bonds. The number of amides is 1. The van der Waals surface area contributed by atoms with Crippen molar-refractivity contribution in [3.8, 4) is 0 Å². The first-order valence-corrected chi connectivity index (χ1v) is 10.2. The number of hydrazone groups is 1. The molecule has 29 heavy (non-hydrogen) atoms. The van der Waals surface area contributed by atoms with Gasteiger partial charge in [-0.3, -0.25) is 9.69 Å². The van der Waals surface area contributed by atoms with E-state index in [1.807, 2.05) is 0 Å². The average molecular weight is 397 g/mol. The molecule has 4 rings (SSSR count). The molecule has 152 valence electrons. The van der Waals surface area contributed by atoms with Gasteiger partial charge in [-0.05, 0) is 61.7 Å². The molecule has 1 saturated heterocycles. The van der Waals surface area contributed by atoms with Crippen LogP contribution in [0.5, 0.6) is 0 Å². The summed E-state index contributed by atoms with van der Waals surface area (Å²) >= 11 is 0. The molecule has 0 aromatic heterocycles. The summed E-state index contributed by atoms with van der Waals surface area (Å²) in [6, 6.07) is 12.4. The Hall–Kier alpha value is -2.60. The van der Waals surface area contributed by atoms with Crippen molar-refractivity contribution in [2.45, 2.75) is 44.7 Å². The van der Waals surface area contributed by atoms with Crippen LogP contribution < -0.4 is 0 Å². The molecular weight excluding hydrogens is 372 g/mol. The standard InChI is InChI=1S/C23H25F2N3O/c1-16-4-2-3-13-27(16)15-23(29)28-22(18-7-11-20(25)12-8-18)14-21(26-28)17-5-9-19(24)10-6-17/h5-12,16,22H,2-4,13-15H2,1H3/t16-,22-/m0/s1. The third kappa shape index (κ3) is 4.37. The Morgan fingerprint density at radius 2 is 1.69 bits per heavy atom. The number of carbonyl (C=O) groups excluding carboxylic acids is 1. The quantitative estimate of drug-likeness (QED) is 0.761. The average Bonchev–Trinajstić information content (AvgIpc) is 3.16. The molecule has 2 atom stereocenters. The SMILES string of the molecule is C[C@H]1CCCCN1CC(=O)N1N=C(c2ccc(F)cc2)C[C@H]1c1ccc(F)cc1. The van der Waals surface area contributed by atoms with E-state index in [1.165, 1.54) is 35.7 Å². The lowest BCUT2D eigenvalue weighted by atomic mass is 9.98. The van der Waals surface area contributed by atoms with Gasteiger partial charge in [0.05, 0.1) is 18.3 Å². The predicted octanol–water partition coefficient (Wildman–Crippen LogP) is 4.52. The zero-order valence-electron chi connectivity index (χ0n) is 16.5. The van der Waals surface area contributed by atoms with Gasteiger partial charge >= 0.3 is 0 Å². The van der Waals surface area contributed by atoms with Gasteiger partial charge in [-0.1, -0.05) is 30.7 Å². The van der Waals surface area contributed by atoms with E-state index < -0.39 is 0 Å². The van der Waals surface area contributed by atoms with Gasteiger partial charge in [-0.2, -0.15) is 5.10 Å². The number of halogens is 2. The molecule has 0 aliphatic carbocycles. The van der Waals surface area contributed by atoms with E-state index in [1.54, 1.807) is 24.3 Å². The zero-order valence-corrected chi connectivity index (χ0v) is 16.5. The first-order valence-electron chi connectivity index (χ1n) is 10.2. The molecule has 0 N–H and O–H groups in total. The van der Waals surface area contributed by atoms with Crippen LogP contribution in [0.25, 0.3) is 0 Å². The van der Waals surface area contributed by atoms with Crippen LogP contribution in [0.3, 0.4) is 0 Å². The highest BCUT2D eigenvalue weighted by Crippen LogP contribution is 2.33. The summed E-state index contributed by atoms with van der Waals surface area (Å²) in [5, 5.41) is 6.15. The van der Waals surface area contributed by atoms with Crippen LogP contribution in [0.4, 0.5) is 8.78 Å². The highest BCUT2D eigenvalue weighted by Gasteiger charge is 2.34. The molecule has 2 aromatic carbocycles. The zero-order chi connectivity index (χ0) is 20.4. The molecule has 0 radical (unpaired) electrons. The molecular formula is C23H25F2N3O. The Morgan fingerprint density at radius 1 is 1.03 bits per heavy atom. The fourth-order valence-corrected chi connectivity index (χ4v) is 4.14. The number of rotatable bonds is 4. The molecule has 6 heteroatoms. The molecule has 0 spiro atoms. The Labute approximate surface area is 169 Å². The summed E-state index contributed by atoms with van der Waals surface area (Å²) in [6.45, 7) is 3.39. The van der Waals surface area contributed by atoms with Crippen molar-refractivity contribution in [2.24, 2.45) is 5.10 Å². The smallest absolute Gasteiger partial charge is 0.257 e. The van der Waals surface area contributed by atoms with Crippen LogP contribution >= 0.6 is 0 Å². The number of nitrogens with zero attached hydrogens (tertiary/aromatic N) is 3. The maximum atomic E-state index is 13.4. The lowest BCUT2D eigenvalue weighted by molar-refractivity contribution is -0.135. The lowest BCUT2D eigenvalue weighted by Gasteiger charge is -2.34. The molecule has 1 fully saturated rings. The molecule has 0 unspecified atom stereocenters. The number of likely N-dealkylation sites (tertiary alicyclic amines) is 1. The third-order valence-corrected chi connectivity index (χ3v) is 5.88. The molecule has 2 aliphatic rings. The minimum Gasteiger partial charge on any atom is -0.292 e. The highest BCUT2D eigenvalue weighted by atomic mass is 19.1. The van der Waals surface area contributed by atoms with Crippen LogP contribution in [0, 0.1) is 11.6 Å². The molecule has 4 nitrogen and oxygen atoms in total. The first kappa shape index (κ1) is 19.7. The van der Waals surface area contributed by atoms with Gasteiger partial charge in [-0.25, -0.2) is 13.8 Å². The van der Waals surface area contributed by atoms with Crippen molar-refractivity contribution >= 4 is 11.6 Å². The number of benzene rings is 2. The van der Waals surface area contributed by atoms with Gasteiger partial charge in [0, 0.05) is 12.5 Å². The fraction of sp³-hybridized carbons (Fsp3) is 0.391. The largest absolute Gasteiger partial charge is 0.292 e. The van der Waals surface area contributed by atoms with Crippen LogP contribution in [-0.4, -0.2) is 40.7 Å².